The summed E-state index contributed by atoms with van der Waals surface area (Å²) in [6, 6.07) is 8.14. The van der Waals surface area contributed by atoms with Crippen molar-refractivity contribution < 1.29 is 0 Å². The van der Waals surface area contributed by atoms with Crippen molar-refractivity contribution >= 4 is 15.9 Å². The maximum atomic E-state index is 6.14. The van der Waals surface area contributed by atoms with Crippen LogP contribution in [0.2, 0.25) is 0 Å². The number of nitrogens with two attached hydrogens (primary N) is 2. The number of benzene rings is 1. The first-order valence-electron chi connectivity index (χ1n) is 4.87. The third-order valence-electron chi connectivity index (χ3n) is 2.50. The van der Waals surface area contributed by atoms with Gasteiger partial charge in [-0.3, -0.25) is 0 Å². The maximum Gasteiger partial charge on any atom is 0.0332 e. The molecule has 1 aromatic rings. The van der Waals surface area contributed by atoms with Crippen LogP contribution in [-0.2, 0) is 0 Å². The molecule has 0 radical (unpaired) electrons. The lowest BCUT2D eigenvalue weighted by molar-refractivity contribution is 0.443. The average molecular weight is 257 g/mol. The Morgan fingerprint density at radius 2 is 2.00 bits per heavy atom. The molecule has 0 saturated heterocycles. The van der Waals surface area contributed by atoms with E-state index in [1.807, 2.05) is 18.2 Å². The minimum Gasteiger partial charge on any atom is -0.330 e. The first-order chi connectivity index (χ1) is 6.66. The zero-order valence-electron chi connectivity index (χ0n) is 8.41. The SMILES string of the molecule is CC(CCN)C(N)c1ccccc1Br. The molecule has 0 fully saturated rings. The summed E-state index contributed by atoms with van der Waals surface area (Å²) >= 11 is 3.51. The number of halogens is 1. The highest BCUT2D eigenvalue weighted by Crippen LogP contribution is 2.27. The van der Waals surface area contributed by atoms with E-state index in [9.17, 15) is 0 Å². The first kappa shape index (κ1) is 11.7. The van der Waals surface area contributed by atoms with Crippen LogP contribution in [0.15, 0.2) is 28.7 Å². The summed E-state index contributed by atoms with van der Waals surface area (Å²) in [5.74, 6) is 0.415. The van der Waals surface area contributed by atoms with Crippen molar-refractivity contribution in [3.63, 3.8) is 0 Å². The molecule has 2 unspecified atom stereocenters. The van der Waals surface area contributed by atoms with Crippen molar-refractivity contribution in [3.05, 3.63) is 34.3 Å². The highest BCUT2D eigenvalue weighted by Gasteiger charge is 2.15. The summed E-state index contributed by atoms with van der Waals surface area (Å²) in [4.78, 5) is 0. The summed E-state index contributed by atoms with van der Waals surface area (Å²) in [5.41, 5.74) is 12.8. The molecular formula is C11H17BrN2. The highest BCUT2D eigenvalue weighted by molar-refractivity contribution is 9.10. The Kier molecular flexibility index (Phi) is 4.58. The maximum absolute atomic E-state index is 6.14. The fraction of sp³-hybridized carbons (Fsp3) is 0.455. The van der Waals surface area contributed by atoms with Gasteiger partial charge < -0.3 is 11.5 Å². The van der Waals surface area contributed by atoms with Gasteiger partial charge in [0, 0.05) is 10.5 Å². The van der Waals surface area contributed by atoms with Crippen LogP contribution in [0.5, 0.6) is 0 Å². The average Bonchev–Trinajstić information content (AvgIpc) is 2.18. The number of hydrogen-bond donors (Lipinski definition) is 2. The topological polar surface area (TPSA) is 52.0 Å². The molecule has 14 heavy (non-hydrogen) atoms. The van der Waals surface area contributed by atoms with E-state index in [0.717, 1.165) is 16.5 Å². The molecule has 0 bridgehead atoms. The Morgan fingerprint density at radius 1 is 1.36 bits per heavy atom. The van der Waals surface area contributed by atoms with Gasteiger partial charge in [-0.2, -0.15) is 0 Å². The first-order valence-corrected chi connectivity index (χ1v) is 5.66. The Labute approximate surface area is 93.8 Å². The molecule has 0 saturated carbocycles. The van der Waals surface area contributed by atoms with E-state index in [0.29, 0.717) is 12.5 Å². The van der Waals surface area contributed by atoms with Gasteiger partial charge in [0.05, 0.1) is 0 Å². The van der Waals surface area contributed by atoms with E-state index in [1.165, 1.54) is 0 Å². The second-order valence-corrected chi connectivity index (χ2v) is 4.46. The molecule has 3 heteroatoms. The molecule has 0 aliphatic rings. The van der Waals surface area contributed by atoms with Gasteiger partial charge in [0.2, 0.25) is 0 Å². The summed E-state index contributed by atoms with van der Waals surface area (Å²) in [6.07, 6.45) is 0.961. The van der Waals surface area contributed by atoms with Crippen LogP contribution < -0.4 is 11.5 Å². The van der Waals surface area contributed by atoms with Crippen molar-refractivity contribution in [2.75, 3.05) is 6.54 Å². The molecule has 1 aromatic carbocycles. The van der Waals surface area contributed by atoms with E-state index in [4.69, 9.17) is 11.5 Å². The monoisotopic (exact) mass is 256 g/mol. The van der Waals surface area contributed by atoms with Gasteiger partial charge in [0.1, 0.15) is 0 Å². The molecule has 2 nitrogen and oxygen atoms in total. The fourth-order valence-corrected chi connectivity index (χ4v) is 2.04. The van der Waals surface area contributed by atoms with Crippen LogP contribution in [0, 0.1) is 5.92 Å². The van der Waals surface area contributed by atoms with Gasteiger partial charge in [-0.15, -0.1) is 0 Å². The lowest BCUT2D eigenvalue weighted by Gasteiger charge is -2.20. The van der Waals surface area contributed by atoms with Crippen molar-refractivity contribution in [3.8, 4) is 0 Å². The molecule has 0 spiro atoms. The molecule has 2 atom stereocenters. The van der Waals surface area contributed by atoms with Gasteiger partial charge >= 0.3 is 0 Å². The van der Waals surface area contributed by atoms with Gasteiger partial charge in [0.15, 0.2) is 0 Å². The van der Waals surface area contributed by atoms with Crippen molar-refractivity contribution in [1.82, 2.24) is 0 Å². The lowest BCUT2D eigenvalue weighted by Crippen LogP contribution is -2.21. The van der Waals surface area contributed by atoms with E-state index in [1.54, 1.807) is 0 Å². The molecule has 1 rings (SSSR count). The lowest BCUT2D eigenvalue weighted by atomic mass is 9.93. The highest BCUT2D eigenvalue weighted by atomic mass is 79.9. The van der Waals surface area contributed by atoms with E-state index < -0.39 is 0 Å². The van der Waals surface area contributed by atoms with Crippen LogP contribution in [0.3, 0.4) is 0 Å². The predicted molar refractivity (Wildman–Crippen MR) is 63.9 cm³/mol. The predicted octanol–water partition coefficient (Wildman–Crippen LogP) is 2.43. The third-order valence-corrected chi connectivity index (χ3v) is 3.22. The molecule has 0 aliphatic heterocycles. The normalized spacial score (nSPS) is 15.1. The van der Waals surface area contributed by atoms with Gasteiger partial charge in [-0.25, -0.2) is 0 Å². The fourth-order valence-electron chi connectivity index (χ4n) is 1.49. The molecule has 0 aliphatic carbocycles. The number of rotatable bonds is 4. The Balaban J connectivity index is 2.78. The zero-order chi connectivity index (χ0) is 10.6. The van der Waals surface area contributed by atoms with Gasteiger partial charge in [-0.05, 0) is 30.5 Å². The Bertz CT molecular complexity index is 288. The molecule has 4 N–H and O–H groups in total. The minimum absolute atomic E-state index is 0.0640. The van der Waals surface area contributed by atoms with Crippen LogP contribution in [0.25, 0.3) is 0 Å². The van der Waals surface area contributed by atoms with Crippen molar-refractivity contribution in [1.29, 1.82) is 0 Å². The van der Waals surface area contributed by atoms with Gasteiger partial charge in [-0.1, -0.05) is 41.1 Å². The molecular weight excluding hydrogens is 240 g/mol. The Hall–Kier alpha value is -0.380. The van der Waals surface area contributed by atoms with E-state index >= 15 is 0 Å². The summed E-state index contributed by atoms with van der Waals surface area (Å²) in [6.45, 7) is 2.83. The minimum atomic E-state index is 0.0640. The van der Waals surface area contributed by atoms with Crippen LogP contribution in [0.1, 0.15) is 24.9 Å². The molecule has 0 aromatic heterocycles. The number of hydrogen-bond acceptors (Lipinski definition) is 2. The van der Waals surface area contributed by atoms with Gasteiger partial charge in [0.25, 0.3) is 0 Å². The molecule has 0 amide bonds. The van der Waals surface area contributed by atoms with Crippen LogP contribution >= 0.6 is 15.9 Å². The largest absolute Gasteiger partial charge is 0.330 e. The van der Waals surface area contributed by atoms with Crippen LogP contribution in [0.4, 0.5) is 0 Å². The van der Waals surface area contributed by atoms with E-state index in [-0.39, 0.29) is 6.04 Å². The standard InChI is InChI=1S/C11H17BrN2/c1-8(6-7-13)11(14)9-4-2-3-5-10(9)12/h2-5,8,11H,6-7,13-14H2,1H3. The smallest absolute Gasteiger partial charge is 0.0332 e. The zero-order valence-corrected chi connectivity index (χ0v) is 10.00. The van der Waals surface area contributed by atoms with Crippen molar-refractivity contribution in [2.45, 2.75) is 19.4 Å². The summed E-state index contributed by atoms with van der Waals surface area (Å²) in [5, 5.41) is 0. The van der Waals surface area contributed by atoms with E-state index in [2.05, 4.69) is 28.9 Å². The van der Waals surface area contributed by atoms with Crippen LogP contribution in [-0.4, -0.2) is 6.54 Å². The third kappa shape index (κ3) is 2.80. The van der Waals surface area contributed by atoms with Crippen molar-refractivity contribution in [2.24, 2.45) is 17.4 Å². The molecule has 0 heterocycles. The summed E-state index contributed by atoms with van der Waals surface area (Å²) < 4.78 is 1.08. The quantitative estimate of drug-likeness (QED) is 0.870. The second kappa shape index (κ2) is 5.49. The second-order valence-electron chi connectivity index (χ2n) is 3.60. The Morgan fingerprint density at radius 3 is 2.57 bits per heavy atom. The summed E-state index contributed by atoms with van der Waals surface area (Å²) in [7, 11) is 0. The molecule has 78 valence electrons.